The van der Waals surface area contributed by atoms with E-state index in [1.54, 1.807) is 13.4 Å². The molecule has 0 unspecified atom stereocenters. The van der Waals surface area contributed by atoms with Gasteiger partial charge in [0.15, 0.2) is 11.5 Å². The monoisotopic (exact) mass is 366 g/mol. The van der Waals surface area contributed by atoms with Crippen LogP contribution in [0.25, 0.3) is 11.2 Å². The molecule has 0 radical (unpaired) electrons. The normalized spacial score (nSPS) is 19.7. The number of hydrogen-bond acceptors (Lipinski definition) is 6. The summed E-state index contributed by atoms with van der Waals surface area (Å²) in [7, 11) is 1.61. The molecule has 1 fully saturated rings. The second-order valence-corrected chi connectivity index (χ2v) is 6.81. The quantitative estimate of drug-likeness (QED) is 0.735. The van der Waals surface area contributed by atoms with Gasteiger partial charge < -0.3 is 20.4 Å². The first-order chi connectivity index (χ1) is 13.2. The summed E-state index contributed by atoms with van der Waals surface area (Å²) in [6.07, 6.45) is 6.67. The Bertz CT molecular complexity index is 962. The van der Waals surface area contributed by atoms with Crippen molar-refractivity contribution in [2.24, 2.45) is 5.92 Å². The highest BCUT2D eigenvalue weighted by Gasteiger charge is 2.28. The summed E-state index contributed by atoms with van der Waals surface area (Å²) in [4.78, 5) is 25.3. The van der Waals surface area contributed by atoms with Gasteiger partial charge in [-0.15, -0.1) is 0 Å². The number of ether oxygens (including phenoxy) is 1. The summed E-state index contributed by atoms with van der Waals surface area (Å²) in [5, 5.41) is 3.00. The minimum Gasteiger partial charge on any atom is -0.497 e. The molecule has 0 spiro atoms. The van der Waals surface area contributed by atoms with Gasteiger partial charge in [0.2, 0.25) is 5.91 Å². The molecular weight excluding hydrogens is 344 g/mol. The number of benzene rings is 1. The molecule has 2 aromatic heterocycles. The third-order valence-corrected chi connectivity index (χ3v) is 5.19. The minimum atomic E-state index is 0.00179. The number of nitrogens with two attached hydrogens (primary N) is 1. The molecular formula is C19H22N6O2. The van der Waals surface area contributed by atoms with E-state index in [1.807, 2.05) is 24.3 Å². The third-order valence-electron chi connectivity index (χ3n) is 5.19. The number of nitrogens with zero attached hydrogens (tertiary/aromatic N) is 4. The topological polar surface area (TPSA) is 108 Å². The van der Waals surface area contributed by atoms with Crippen LogP contribution in [0.2, 0.25) is 0 Å². The molecule has 1 aliphatic carbocycles. The molecule has 1 saturated carbocycles. The van der Waals surface area contributed by atoms with Crippen LogP contribution >= 0.6 is 0 Å². The number of fused-ring (bicyclic) bond motifs is 1. The standard InChI is InChI=1S/C19H22N6O2/c1-27-15-4-2-3-13(9-15)24-19(26)12-5-7-14(8-6-12)25-11-23-16-17(20)21-10-22-18(16)25/h2-4,9-12,14H,5-8H2,1H3,(H,24,26)(H2,20,21,22). The van der Waals surface area contributed by atoms with Crippen LogP contribution in [0.4, 0.5) is 11.5 Å². The number of rotatable bonds is 4. The van der Waals surface area contributed by atoms with Gasteiger partial charge in [0.1, 0.15) is 17.6 Å². The number of anilines is 2. The van der Waals surface area contributed by atoms with Crippen LogP contribution < -0.4 is 15.8 Å². The van der Waals surface area contributed by atoms with Crippen molar-refractivity contribution >= 4 is 28.6 Å². The Morgan fingerprint density at radius 1 is 1.22 bits per heavy atom. The molecule has 0 bridgehead atoms. The highest BCUT2D eigenvalue weighted by molar-refractivity contribution is 5.92. The fourth-order valence-electron chi connectivity index (χ4n) is 3.70. The summed E-state index contributed by atoms with van der Waals surface area (Å²) in [6, 6.07) is 7.68. The van der Waals surface area contributed by atoms with Gasteiger partial charge in [-0.05, 0) is 37.8 Å². The van der Waals surface area contributed by atoms with E-state index in [-0.39, 0.29) is 17.9 Å². The van der Waals surface area contributed by atoms with Crippen molar-refractivity contribution in [3.05, 3.63) is 36.9 Å². The fraction of sp³-hybridized carbons (Fsp3) is 0.368. The van der Waals surface area contributed by atoms with Crippen molar-refractivity contribution in [2.75, 3.05) is 18.2 Å². The smallest absolute Gasteiger partial charge is 0.227 e. The van der Waals surface area contributed by atoms with Gasteiger partial charge in [-0.1, -0.05) is 6.07 Å². The summed E-state index contributed by atoms with van der Waals surface area (Å²) >= 11 is 0. The van der Waals surface area contributed by atoms with Gasteiger partial charge in [-0.2, -0.15) is 0 Å². The van der Waals surface area contributed by atoms with Crippen molar-refractivity contribution in [2.45, 2.75) is 31.7 Å². The summed E-state index contributed by atoms with van der Waals surface area (Å²) in [5.41, 5.74) is 8.02. The predicted octanol–water partition coefficient (Wildman–Crippen LogP) is 2.79. The zero-order chi connectivity index (χ0) is 18.8. The van der Waals surface area contributed by atoms with E-state index >= 15 is 0 Å². The predicted molar refractivity (Wildman–Crippen MR) is 102 cm³/mol. The number of imidazole rings is 1. The first kappa shape index (κ1) is 17.3. The lowest BCUT2D eigenvalue weighted by Crippen LogP contribution is -2.28. The van der Waals surface area contributed by atoms with E-state index in [0.29, 0.717) is 11.3 Å². The molecule has 2 heterocycles. The molecule has 1 amide bonds. The number of methoxy groups -OCH3 is 1. The lowest BCUT2D eigenvalue weighted by Gasteiger charge is -2.28. The van der Waals surface area contributed by atoms with Gasteiger partial charge >= 0.3 is 0 Å². The van der Waals surface area contributed by atoms with Crippen LogP contribution in [0.15, 0.2) is 36.9 Å². The Hall–Kier alpha value is -3.16. The number of aromatic nitrogens is 4. The number of amides is 1. The van der Waals surface area contributed by atoms with Gasteiger partial charge in [-0.3, -0.25) is 4.79 Å². The fourth-order valence-corrected chi connectivity index (χ4v) is 3.70. The maximum absolute atomic E-state index is 12.6. The highest BCUT2D eigenvalue weighted by atomic mass is 16.5. The Balaban J connectivity index is 1.41. The lowest BCUT2D eigenvalue weighted by atomic mass is 9.85. The Morgan fingerprint density at radius 2 is 2.04 bits per heavy atom. The van der Waals surface area contributed by atoms with Crippen LogP contribution in [-0.4, -0.2) is 32.5 Å². The first-order valence-electron chi connectivity index (χ1n) is 9.03. The zero-order valence-electron chi connectivity index (χ0n) is 15.1. The average Bonchev–Trinajstić information content (AvgIpc) is 3.14. The third kappa shape index (κ3) is 3.42. The maximum atomic E-state index is 12.6. The van der Waals surface area contributed by atoms with E-state index in [1.165, 1.54) is 6.33 Å². The molecule has 27 heavy (non-hydrogen) atoms. The van der Waals surface area contributed by atoms with E-state index in [0.717, 1.165) is 42.8 Å². The molecule has 8 nitrogen and oxygen atoms in total. The highest BCUT2D eigenvalue weighted by Crippen LogP contribution is 2.34. The minimum absolute atomic E-state index is 0.00179. The SMILES string of the molecule is COc1cccc(NC(=O)C2CCC(n3cnc4c(N)ncnc43)CC2)c1. The van der Waals surface area contributed by atoms with Crippen LogP contribution in [0, 0.1) is 5.92 Å². The Labute approximate surface area is 156 Å². The van der Waals surface area contributed by atoms with Gasteiger partial charge in [0, 0.05) is 23.7 Å². The summed E-state index contributed by atoms with van der Waals surface area (Å²) in [6.45, 7) is 0. The molecule has 140 valence electrons. The number of hydrogen-bond donors (Lipinski definition) is 2. The van der Waals surface area contributed by atoms with Gasteiger partial charge in [0.05, 0.1) is 13.4 Å². The van der Waals surface area contributed by atoms with Crippen molar-refractivity contribution in [3.8, 4) is 5.75 Å². The van der Waals surface area contributed by atoms with Crippen molar-refractivity contribution < 1.29 is 9.53 Å². The average molecular weight is 366 g/mol. The second-order valence-electron chi connectivity index (χ2n) is 6.81. The largest absolute Gasteiger partial charge is 0.497 e. The van der Waals surface area contributed by atoms with E-state index in [4.69, 9.17) is 10.5 Å². The molecule has 1 aromatic carbocycles. The molecule has 3 aromatic rings. The molecule has 8 heteroatoms. The first-order valence-corrected chi connectivity index (χ1v) is 9.03. The summed E-state index contributed by atoms with van der Waals surface area (Å²) in [5.74, 6) is 1.18. The van der Waals surface area contributed by atoms with E-state index in [9.17, 15) is 4.79 Å². The van der Waals surface area contributed by atoms with Crippen LogP contribution in [0.1, 0.15) is 31.7 Å². The number of nitrogen functional groups attached to an aromatic ring is 1. The van der Waals surface area contributed by atoms with Crippen LogP contribution in [0.3, 0.4) is 0 Å². The van der Waals surface area contributed by atoms with Crippen molar-refractivity contribution in [1.82, 2.24) is 19.5 Å². The van der Waals surface area contributed by atoms with E-state index in [2.05, 4.69) is 24.8 Å². The van der Waals surface area contributed by atoms with Crippen LogP contribution in [0.5, 0.6) is 5.75 Å². The maximum Gasteiger partial charge on any atom is 0.227 e. The number of carbonyl (C=O) groups is 1. The molecule has 1 aliphatic rings. The van der Waals surface area contributed by atoms with Gasteiger partial charge in [0.25, 0.3) is 0 Å². The molecule has 3 N–H and O–H groups in total. The Morgan fingerprint density at radius 3 is 2.81 bits per heavy atom. The summed E-state index contributed by atoms with van der Waals surface area (Å²) < 4.78 is 7.26. The molecule has 0 aliphatic heterocycles. The number of carbonyl (C=O) groups excluding carboxylic acids is 1. The van der Waals surface area contributed by atoms with Crippen molar-refractivity contribution in [1.29, 1.82) is 0 Å². The second kappa shape index (κ2) is 7.22. The van der Waals surface area contributed by atoms with Crippen molar-refractivity contribution in [3.63, 3.8) is 0 Å². The Kier molecular flexibility index (Phi) is 4.62. The van der Waals surface area contributed by atoms with Crippen LogP contribution in [-0.2, 0) is 4.79 Å². The van der Waals surface area contributed by atoms with E-state index < -0.39 is 0 Å². The zero-order valence-corrected chi connectivity index (χ0v) is 15.1. The van der Waals surface area contributed by atoms with Gasteiger partial charge in [-0.25, -0.2) is 15.0 Å². The lowest BCUT2D eigenvalue weighted by molar-refractivity contribution is -0.120. The number of nitrogens with one attached hydrogen (secondary N) is 1. The molecule has 0 atom stereocenters. The molecule has 0 saturated heterocycles. The molecule has 4 rings (SSSR count).